The molecule has 1 aromatic rings. The van der Waals surface area contributed by atoms with Crippen LogP contribution in [0.3, 0.4) is 0 Å². The van der Waals surface area contributed by atoms with Crippen LogP contribution in [0.5, 0.6) is 0 Å². The lowest BCUT2D eigenvalue weighted by molar-refractivity contribution is -1.18. The van der Waals surface area contributed by atoms with Crippen LogP contribution in [-0.2, 0) is 4.79 Å². The highest BCUT2D eigenvalue weighted by molar-refractivity contribution is 5.92. The molecule has 4 fully saturated rings. The Hall–Kier alpha value is -1.13. The van der Waals surface area contributed by atoms with E-state index < -0.39 is 0 Å². The van der Waals surface area contributed by atoms with E-state index in [1.807, 2.05) is 6.07 Å². The van der Waals surface area contributed by atoms with E-state index in [-0.39, 0.29) is 10.8 Å². The fraction of sp³-hybridized carbons (Fsp3) is 0.688. The van der Waals surface area contributed by atoms with Gasteiger partial charge in [0.15, 0.2) is 5.78 Å². The number of nitrogens with one attached hydrogen (secondary N) is 2. The number of rotatable bonds is 3. The molecule has 4 nitrogen and oxygen atoms in total. The number of carbonyl (C=O) groups is 1. The third kappa shape index (κ3) is 1.36. The van der Waals surface area contributed by atoms with Crippen molar-refractivity contribution in [1.82, 2.24) is 0 Å². The lowest BCUT2D eigenvalue weighted by atomic mass is 9.58. The van der Waals surface area contributed by atoms with E-state index >= 15 is 0 Å². The number of carbonyl (C=O) groups excluding carboxylic acids is 1. The normalized spacial score (nSPS) is 46.1. The highest BCUT2D eigenvalue weighted by Crippen LogP contribution is 2.40. The molecule has 0 spiro atoms. The van der Waals surface area contributed by atoms with Crippen molar-refractivity contribution >= 4 is 5.78 Å². The van der Waals surface area contributed by atoms with E-state index in [4.69, 9.17) is 4.42 Å². The average molecular weight is 276 g/mol. The van der Waals surface area contributed by atoms with Gasteiger partial charge in [0.1, 0.15) is 37.0 Å². The molecule has 1 aromatic heterocycles. The van der Waals surface area contributed by atoms with Gasteiger partial charge in [0.25, 0.3) is 6.17 Å². The molecule has 108 valence electrons. The van der Waals surface area contributed by atoms with Crippen LogP contribution in [0, 0.1) is 10.8 Å². The van der Waals surface area contributed by atoms with Gasteiger partial charge in [-0.25, -0.2) is 0 Å². The number of hydrogen-bond donors (Lipinski definition) is 2. The van der Waals surface area contributed by atoms with Crippen LogP contribution in [0.2, 0.25) is 0 Å². The molecule has 0 aliphatic carbocycles. The summed E-state index contributed by atoms with van der Waals surface area (Å²) in [5.74, 6) is 1.67. The molecule has 4 bridgehead atoms. The summed E-state index contributed by atoms with van der Waals surface area (Å²) >= 11 is 0. The van der Waals surface area contributed by atoms with Crippen LogP contribution in [0.4, 0.5) is 0 Å². The van der Waals surface area contributed by atoms with Crippen molar-refractivity contribution in [2.45, 2.75) is 32.9 Å². The number of hydrogen-bond acceptors (Lipinski definition) is 2. The molecule has 4 heteroatoms. The molecule has 0 atom stereocenters. The van der Waals surface area contributed by atoms with E-state index in [1.165, 1.54) is 0 Å². The maximum Gasteiger partial charge on any atom is 0.273 e. The Morgan fingerprint density at radius 2 is 1.70 bits per heavy atom. The van der Waals surface area contributed by atoms with E-state index in [9.17, 15) is 4.79 Å². The summed E-state index contributed by atoms with van der Waals surface area (Å²) in [5.41, 5.74) is -0.138. The zero-order valence-electron chi connectivity index (χ0n) is 12.4. The molecule has 4 aliphatic rings. The summed E-state index contributed by atoms with van der Waals surface area (Å²) in [4.78, 5) is 16.2. The number of quaternary nitrogens is 2. The molecular formula is C16H24N2O2+2. The molecule has 4 saturated heterocycles. The van der Waals surface area contributed by atoms with Crippen molar-refractivity contribution in [1.29, 1.82) is 0 Å². The van der Waals surface area contributed by atoms with Crippen molar-refractivity contribution in [2.75, 3.05) is 26.2 Å². The summed E-state index contributed by atoms with van der Waals surface area (Å²) in [5, 5.41) is 0. The summed E-state index contributed by atoms with van der Waals surface area (Å²) in [6.45, 7) is 8.38. The van der Waals surface area contributed by atoms with Gasteiger partial charge in [-0.2, -0.15) is 0 Å². The van der Waals surface area contributed by atoms with Crippen molar-refractivity contribution in [3.63, 3.8) is 0 Å². The van der Waals surface area contributed by atoms with Gasteiger partial charge in [0, 0.05) is 0 Å². The minimum absolute atomic E-state index is 0.0692. The van der Waals surface area contributed by atoms with Crippen LogP contribution >= 0.6 is 0 Å². The SMILES string of the molecule is CCC12C[NH+]3CC(CC)(C[NH+](C1)C3c1ccco1)C2=O. The Bertz CT molecular complexity index is 495. The molecule has 0 radical (unpaired) electrons. The molecule has 4 aliphatic heterocycles. The lowest BCUT2D eigenvalue weighted by Crippen LogP contribution is -3.41. The topological polar surface area (TPSA) is 39.1 Å². The van der Waals surface area contributed by atoms with Gasteiger partial charge in [0.2, 0.25) is 5.76 Å². The second kappa shape index (κ2) is 3.95. The van der Waals surface area contributed by atoms with Gasteiger partial charge < -0.3 is 4.42 Å². The maximum absolute atomic E-state index is 13.0. The van der Waals surface area contributed by atoms with Crippen LogP contribution in [-0.4, -0.2) is 32.0 Å². The fourth-order valence-electron chi connectivity index (χ4n) is 5.25. The van der Waals surface area contributed by atoms with Gasteiger partial charge in [0.05, 0.1) is 6.26 Å². The molecule has 2 N–H and O–H groups in total. The molecule has 5 rings (SSSR count). The maximum atomic E-state index is 13.0. The van der Waals surface area contributed by atoms with Gasteiger partial charge >= 0.3 is 0 Å². The molecule has 20 heavy (non-hydrogen) atoms. The Kier molecular flexibility index (Phi) is 2.49. The smallest absolute Gasteiger partial charge is 0.273 e. The summed E-state index contributed by atoms with van der Waals surface area (Å²) in [7, 11) is 0. The third-order valence-corrected chi connectivity index (χ3v) is 6.22. The fourth-order valence-corrected chi connectivity index (χ4v) is 5.25. The first-order chi connectivity index (χ1) is 9.64. The number of furan rings is 1. The van der Waals surface area contributed by atoms with Crippen LogP contribution < -0.4 is 9.80 Å². The van der Waals surface area contributed by atoms with Gasteiger partial charge in [-0.1, -0.05) is 13.8 Å². The van der Waals surface area contributed by atoms with Crippen LogP contribution in [0.1, 0.15) is 38.6 Å². The third-order valence-electron chi connectivity index (χ3n) is 6.22. The molecule has 0 saturated carbocycles. The van der Waals surface area contributed by atoms with Crippen molar-refractivity contribution in [2.24, 2.45) is 10.8 Å². The Morgan fingerprint density at radius 1 is 1.15 bits per heavy atom. The number of piperidine rings is 2. The minimum Gasteiger partial charge on any atom is -0.457 e. The Morgan fingerprint density at radius 3 is 2.10 bits per heavy atom. The Labute approximate surface area is 119 Å². The predicted molar refractivity (Wildman–Crippen MR) is 73.3 cm³/mol. The van der Waals surface area contributed by atoms with E-state index in [1.54, 1.807) is 16.1 Å². The zero-order chi connectivity index (χ0) is 14.0. The zero-order valence-corrected chi connectivity index (χ0v) is 12.4. The monoisotopic (exact) mass is 276 g/mol. The lowest BCUT2D eigenvalue weighted by Gasteiger charge is -2.59. The van der Waals surface area contributed by atoms with Crippen molar-refractivity contribution in [3.05, 3.63) is 24.2 Å². The highest BCUT2D eigenvalue weighted by Gasteiger charge is 2.70. The number of ketones is 1. The Balaban J connectivity index is 1.77. The van der Waals surface area contributed by atoms with Crippen LogP contribution in [0.25, 0.3) is 0 Å². The van der Waals surface area contributed by atoms with E-state index in [2.05, 4.69) is 19.9 Å². The molecule has 5 heterocycles. The van der Waals surface area contributed by atoms with Gasteiger partial charge in [-0.3, -0.25) is 14.6 Å². The summed E-state index contributed by atoms with van der Waals surface area (Å²) < 4.78 is 5.69. The molecule has 0 unspecified atom stereocenters. The summed E-state index contributed by atoms with van der Waals surface area (Å²) in [6, 6.07) is 4.09. The molecular weight excluding hydrogens is 252 g/mol. The largest absolute Gasteiger partial charge is 0.457 e. The van der Waals surface area contributed by atoms with Gasteiger partial charge in [-0.05, 0) is 25.0 Å². The first-order valence-corrected chi connectivity index (χ1v) is 7.92. The van der Waals surface area contributed by atoms with Gasteiger partial charge in [-0.15, -0.1) is 0 Å². The van der Waals surface area contributed by atoms with E-state index in [0.717, 1.165) is 44.8 Å². The summed E-state index contributed by atoms with van der Waals surface area (Å²) in [6.07, 6.45) is 4.16. The average Bonchev–Trinajstić information content (AvgIpc) is 2.97. The first kappa shape index (κ1) is 12.6. The van der Waals surface area contributed by atoms with Crippen LogP contribution in [0.15, 0.2) is 22.8 Å². The standard InChI is InChI=1S/C16H22N2O2/c1-3-15-8-17-10-16(4-2,14(15)19)11-18(9-15)13(17)12-6-5-7-20-12/h5-7,13H,3-4,8-11H2,1-2H3/p+2. The second-order valence-electron chi connectivity index (χ2n) is 7.07. The predicted octanol–water partition coefficient (Wildman–Crippen LogP) is -0.549. The number of Topliss-reactive ketones (excluding diaryl/α,β-unsaturated/α-hetero) is 1. The second-order valence-corrected chi connectivity index (χ2v) is 7.07. The van der Waals surface area contributed by atoms with Crippen molar-refractivity contribution in [3.8, 4) is 0 Å². The first-order valence-electron chi connectivity index (χ1n) is 7.92. The molecule has 0 amide bonds. The van der Waals surface area contributed by atoms with Crippen molar-refractivity contribution < 1.29 is 19.0 Å². The molecule has 0 aromatic carbocycles. The highest BCUT2D eigenvalue weighted by atomic mass is 16.3. The quantitative estimate of drug-likeness (QED) is 0.778. The minimum atomic E-state index is -0.0692. The van der Waals surface area contributed by atoms with E-state index in [0.29, 0.717) is 11.9 Å².